The van der Waals surface area contributed by atoms with Gasteiger partial charge < -0.3 is 5.32 Å². The van der Waals surface area contributed by atoms with E-state index in [1.807, 2.05) is 0 Å². The molecule has 8 heteroatoms. The molecule has 0 radical (unpaired) electrons. The van der Waals surface area contributed by atoms with Crippen LogP contribution in [0.2, 0.25) is 0 Å². The molecular weight excluding hydrogens is 338 g/mol. The maximum absolute atomic E-state index is 11.9. The first-order valence-electron chi connectivity index (χ1n) is 7.42. The second-order valence-electron chi connectivity index (χ2n) is 5.93. The van der Waals surface area contributed by atoms with Crippen molar-refractivity contribution >= 4 is 20.7 Å². The molecule has 126 valence electrons. The van der Waals surface area contributed by atoms with Gasteiger partial charge in [0.05, 0.1) is 29.6 Å². The highest BCUT2D eigenvalue weighted by molar-refractivity contribution is 7.90. The summed E-state index contributed by atoms with van der Waals surface area (Å²) in [7, 11) is -3.47. The summed E-state index contributed by atoms with van der Waals surface area (Å²) in [6, 6.07) is 7.33. The Morgan fingerprint density at radius 2 is 2.04 bits per heavy atom. The molecule has 1 aromatic heterocycles. The van der Waals surface area contributed by atoms with E-state index in [4.69, 9.17) is 6.57 Å². The Bertz CT molecular complexity index is 1100. The summed E-state index contributed by atoms with van der Waals surface area (Å²) >= 11 is 0. The zero-order chi connectivity index (χ0) is 18.4. The fraction of sp³-hybridized carbons (Fsp3) is 0.235. The third-order valence-electron chi connectivity index (χ3n) is 4.21. The molecular formula is C17H15N5O2S. The first-order chi connectivity index (χ1) is 11.8. The zero-order valence-electron chi connectivity index (χ0n) is 13.9. The van der Waals surface area contributed by atoms with E-state index in [2.05, 4.69) is 26.4 Å². The van der Waals surface area contributed by atoms with Crippen LogP contribution in [-0.2, 0) is 9.84 Å². The number of aromatic nitrogens is 2. The second-order valence-corrected chi connectivity index (χ2v) is 7.88. The van der Waals surface area contributed by atoms with Crippen molar-refractivity contribution in [3.8, 4) is 6.07 Å². The predicted molar refractivity (Wildman–Crippen MR) is 92.7 cm³/mol. The van der Waals surface area contributed by atoms with Crippen molar-refractivity contribution in [2.75, 3.05) is 6.26 Å². The van der Waals surface area contributed by atoms with Crippen LogP contribution in [0.4, 0.5) is 0 Å². The molecule has 1 aromatic carbocycles. The molecule has 1 atom stereocenters. The highest BCUT2D eigenvalue weighted by Gasteiger charge is 2.30. The Balaban J connectivity index is 2.29. The van der Waals surface area contributed by atoms with Gasteiger partial charge in [-0.25, -0.2) is 13.3 Å². The minimum Gasteiger partial charge on any atom is -0.372 e. The number of benzene rings is 1. The Morgan fingerprint density at radius 1 is 1.32 bits per heavy atom. The lowest BCUT2D eigenvalue weighted by Crippen LogP contribution is -2.22. The number of rotatable bonds is 2. The average Bonchev–Trinajstić information content (AvgIpc) is 2.97. The van der Waals surface area contributed by atoms with Gasteiger partial charge in [0.1, 0.15) is 0 Å². The van der Waals surface area contributed by atoms with Gasteiger partial charge >= 0.3 is 0 Å². The van der Waals surface area contributed by atoms with E-state index >= 15 is 0 Å². The summed E-state index contributed by atoms with van der Waals surface area (Å²) in [5.41, 5.74) is 3.44. The van der Waals surface area contributed by atoms with Gasteiger partial charge in [-0.05, 0) is 31.5 Å². The number of aromatic amines is 1. The van der Waals surface area contributed by atoms with Gasteiger partial charge in [-0.2, -0.15) is 10.4 Å². The summed E-state index contributed by atoms with van der Waals surface area (Å²) in [5.74, 6) is -0.532. The summed E-state index contributed by atoms with van der Waals surface area (Å²) in [6.45, 7) is 11.1. The van der Waals surface area contributed by atoms with Crippen molar-refractivity contribution in [1.82, 2.24) is 15.5 Å². The largest absolute Gasteiger partial charge is 0.372 e. The van der Waals surface area contributed by atoms with Crippen molar-refractivity contribution in [3.63, 3.8) is 0 Å². The highest BCUT2D eigenvalue weighted by Crippen LogP contribution is 2.39. The topological polar surface area (TPSA) is 103 Å². The van der Waals surface area contributed by atoms with Crippen LogP contribution in [0.15, 0.2) is 45.9 Å². The van der Waals surface area contributed by atoms with Gasteiger partial charge in [-0.3, -0.25) is 5.10 Å². The maximum Gasteiger partial charge on any atom is 0.196 e. The number of H-pyrrole nitrogens is 1. The molecule has 2 N–H and O–H groups in total. The number of nitrogens with one attached hydrogen (secondary N) is 2. The van der Waals surface area contributed by atoms with Crippen molar-refractivity contribution < 1.29 is 8.42 Å². The van der Waals surface area contributed by atoms with Crippen molar-refractivity contribution in [1.29, 1.82) is 5.26 Å². The van der Waals surface area contributed by atoms with Crippen LogP contribution in [0.25, 0.3) is 15.7 Å². The summed E-state index contributed by atoms with van der Waals surface area (Å²) < 4.78 is 23.9. The zero-order valence-corrected chi connectivity index (χ0v) is 14.7. The normalized spacial score (nSPS) is 18.0. The smallest absolute Gasteiger partial charge is 0.196 e. The number of nitriles is 1. The van der Waals surface area contributed by atoms with Gasteiger partial charge in [0.15, 0.2) is 20.6 Å². The first-order valence-corrected chi connectivity index (χ1v) is 9.31. The number of nitrogens with zero attached hydrogens (tertiary/aromatic N) is 3. The number of hydrogen-bond acceptors (Lipinski definition) is 5. The monoisotopic (exact) mass is 353 g/mol. The molecule has 7 nitrogen and oxygen atoms in total. The molecule has 25 heavy (non-hydrogen) atoms. The molecule has 0 amide bonds. The molecule has 0 fully saturated rings. The van der Waals surface area contributed by atoms with Crippen molar-refractivity contribution in [3.05, 3.63) is 57.8 Å². The summed E-state index contributed by atoms with van der Waals surface area (Å²) in [4.78, 5) is 3.60. The predicted octanol–water partition coefficient (Wildman–Crippen LogP) is 2.60. The molecule has 0 bridgehead atoms. The number of sulfone groups is 1. The number of allylic oxidation sites excluding steroid dienone is 3. The van der Waals surface area contributed by atoms with E-state index < -0.39 is 15.8 Å². The molecule has 1 aliphatic heterocycles. The molecule has 1 unspecified atom stereocenters. The quantitative estimate of drug-likeness (QED) is 0.808. The minimum absolute atomic E-state index is 0.0301. The molecule has 2 aromatic rings. The fourth-order valence-corrected chi connectivity index (χ4v) is 3.84. The third kappa shape index (κ3) is 2.67. The number of fused-ring (bicyclic) bond motifs is 1. The van der Waals surface area contributed by atoms with E-state index in [1.54, 1.807) is 32.0 Å². The Morgan fingerprint density at radius 3 is 2.64 bits per heavy atom. The van der Waals surface area contributed by atoms with Crippen LogP contribution >= 0.6 is 0 Å². The lowest BCUT2D eigenvalue weighted by molar-refractivity contribution is 0.598. The lowest BCUT2D eigenvalue weighted by Gasteiger charge is -2.26. The van der Waals surface area contributed by atoms with Crippen LogP contribution in [0.5, 0.6) is 0 Å². The van der Waals surface area contributed by atoms with Crippen LogP contribution in [0.3, 0.4) is 0 Å². The summed E-state index contributed by atoms with van der Waals surface area (Å²) in [6.07, 6.45) is 1.11. The van der Waals surface area contributed by atoms with E-state index in [-0.39, 0.29) is 5.03 Å². The highest BCUT2D eigenvalue weighted by atomic mass is 32.2. The van der Waals surface area contributed by atoms with Gasteiger partial charge in [0.25, 0.3) is 0 Å². The van der Waals surface area contributed by atoms with E-state index in [9.17, 15) is 13.7 Å². The van der Waals surface area contributed by atoms with Crippen LogP contribution in [-0.4, -0.2) is 24.9 Å². The average molecular weight is 353 g/mol. The van der Waals surface area contributed by atoms with Gasteiger partial charge in [-0.15, -0.1) is 0 Å². The second kappa shape index (κ2) is 5.76. The van der Waals surface area contributed by atoms with E-state index in [1.165, 1.54) is 0 Å². The minimum atomic E-state index is -3.47. The van der Waals surface area contributed by atoms with E-state index in [0.29, 0.717) is 39.1 Å². The molecule has 0 spiro atoms. The van der Waals surface area contributed by atoms with Gasteiger partial charge in [0, 0.05) is 23.0 Å². The lowest BCUT2D eigenvalue weighted by atomic mass is 9.84. The standard InChI is InChI=1S/C17H15N5O2S/c1-9-13(8-18)15(16(19-3)10(2)20-9)11-5-6-14-12(7-11)17(22-21-14)25(4,23)24/h5-7,15,20H,1-2,4H3,(H,21,22). The maximum atomic E-state index is 11.9. The van der Waals surface area contributed by atoms with E-state index in [0.717, 1.165) is 6.26 Å². The Hall–Kier alpha value is -3.10. The van der Waals surface area contributed by atoms with Crippen molar-refractivity contribution in [2.24, 2.45) is 0 Å². The van der Waals surface area contributed by atoms with Crippen LogP contribution in [0, 0.1) is 17.9 Å². The fourth-order valence-electron chi connectivity index (χ4n) is 3.07. The summed E-state index contributed by atoms with van der Waals surface area (Å²) in [5, 5.41) is 19.7. The van der Waals surface area contributed by atoms with Crippen LogP contribution < -0.4 is 5.32 Å². The molecule has 3 rings (SSSR count). The molecule has 0 saturated heterocycles. The third-order valence-corrected chi connectivity index (χ3v) is 5.27. The number of dihydropyridines is 1. The molecule has 0 saturated carbocycles. The van der Waals surface area contributed by atoms with Gasteiger partial charge in [-0.1, -0.05) is 6.07 Å². The molecule has 0 aliphatic carbocycles. The molecule has 2 heterocycles. The number of hydrogen-bond donors (Lipinski definition) is 2. The first kappa shape index (κ1) is 16.7. The Labute approximate surface area is 145 Å². The molecule has 1 aliphatic rings. The van der Waals surface area contributed by atoms with Crippen molar-refractivity contribution in [2.45, 2.75) is 24.8 Å². The Kier molecular flexibility index (Phi) is 3.86. The van der Waals surface area contributed by atoms with Gasteiger partial charge in [0.2, 0.25) is 0 Å². The van der Waals surface area contributed by atoms with Crippen LogP contribution in [0.1, 0.15) is 25.3 Å². The SMILES string of the molecule is [C-]#[N+]C1=C(C)NC(C)=C(C#N)C1c1ccc2n[nH]c(S(C)(=O)=O)c2c1.